The first kappa shape index (κ1) is 20.6. The number of carbonyl (C=O) groups is 3. The lowest BCUT2D eigenvalue weighted by Gasteiger charge is -2.15. The van der Waals surface area contributed by atoms with E-state index >= 15 is 0 Å². The molecule has 0 aliphatic heterocycles. The van der Waals surface area contributed by atoms with E-state index in [1.165, 1.54) is 17.9 Å². The summed E-state index contributed by atoms with van der Waals surface area (Å²) in [6.45, 7) is 0.915. The third-order valence-electron chi connectivity index (χ3n) is 4.04. The van der Waals surface area contributed by atoms with Gasteiger partial charge in [-0.15, -0.1) is 5.10 Å². The molecular formula is C20H20N6O4. The summed E-state index contributed by atoms with van der Waals surface area (Å²) in [5, 5.41) is 16.2. The number of carbonyl (C=O) groups excluding carboxylic acids is 3. The van der Waals surface area contributed by atoms with Gasteiger partial charge in [-0.25, -0.2) is 9.48 Å². The van der Waals surface area contributed by atoms with Gasteiger partial charge in [0.05, 0.1) is 0 Å². The predicted octanol–water partition coefficient (Wildman–Crippen LogP) is 1.60. The Labute approximate surface area is 172 Å². The number of hydrogen-bond acceptors (Lipinski definition) is 7. The number of esters is 1. The molecule has 0 aliphatic rings. The lowest BCUT2D eigenvalue weighted by Crippen LogP contribution is -2.28. The Kier molecular flexibility index (Phi) is 6.83. The average Bonchev–Trinajstić information content (AvgIpc) is 3.25. The Balaban J connectivity index is 1.59. The first-order chi connectivity index (χ1) is 14.5. The van der Waals surface area contributed by atoms with Gasteiger partial charge in [-0.2, -0.15) is 0 Å². The van der Waals surface area contributed by atoms with Crippen molar-refractivity contribution < 1.29 is 19.1 Å². The lowest BCUT2D eigenvalue weighted by molar-refractivity contribution is -0.151. The summed E-state index contributed by atoms with van der Waals surface area (Å²) in [6, 6.07) is 15.2. The molecule has 0 fully saturated rings. The van der Waals surface area contributed by atoms with Crippen LogP contribution in [0.2, 0.25) is 0 Å². The minimum atomic E-state index is -0.807. The number of aromatic nitrogens is 4. The monoisotopic (exact) mass is 408 g/mol. The summed E-state index contributed by atoms with van der Waals surface area (Å²) in [4.78, 5) is 36.0. The minimum Gasteiger partial charge on any atom is -0.454 e. The number of ether oxygens (including phenoxy) is 1. The van der Waals surface area contributed by atoms with Gasteiger partial charge < -0.3 is 15.4 Å². The van der Waals surface area contributed by atoms with Crippen LogP contribution in [-0.2, 0) is 25.5 Å². The smallest absolute Gasteiger partial charge is 0.331 e. The van der Waals surface area contributed by atoms with Gasteiger partial charge in [-0.1, -0.05) is 36.4 Å². The van der Waals surface area contributed by atoms with E-state index in [-0.39, 0.29) is 5.91 Å². The van der Waals surface area contributed by atoms with Gasteiger partial charge in [0.25, 0.3) is 5.91 Å². The number of nitrogens with zero attached hydrogens (tertiary/aromatic N) is 4. The Morgan fingerprint density at radius 1 is 1.03 bits per heavy atom. The molecule has 2 N–H and O–H groups in total. The van der Waals surface area contributed by atoms with Crippen molar-refractivity contribution in [3.63, 3.8) is 0 Å². The molecule has 0 saturated heterocycles. The van der Waals surface area contributed by atoms with Gasteiger partial charge >= 0.3 is 5.97 Å². The summed E-state index contributed by atoms with van der Waals surface area (Å²) in [7, 11) is 0. The van der Waals surface area contributed by atoms with Crippen molar-refractivity contribution in [3.8, 4) is 0 Å². The van der Waals surface area contributed by atoms with Gasteiger partial charge in [0.2, 0.25) is 5.91 Å². The van der Waals surface area contributed by atoms with Crippen LogP contribution < -0.4 is 10.6 Å². The summed E-state index contributed by atoms with van der Waals surface area (Å²) < 4.78 is 6.49. The van der Waals surface area contributed by atoms with Gasteiger partial charge in [0.15, 0.2) is 12.6 Å². The number of hydrogen-bond donors (Lipinski definition) is 2. The van der Waals surface area contributed by atoms with Crippen molar-refractivity contribution in [3.05, 3.63) is 66.5 Å². The first-order valence-corrected chi connectivity index (χ1v) is 9.12. The van der Waals surface area contributed by atoms with Crippen molar-refractivity contribution in [2.45, 2.75) is 19.4 Å². The van der Waals surface area contributed by atoms with Crippen LogP contribution in [0, 0.1) is 0 Å². The molecule has 10 heteroatoms. The second-order valence-corrected chi connectivity index (χ2v) is 6.41. The summed E-state index contributed by atoms with van der Waals surface area (Å²) in [5.74, 6) is -1.37. The van der Waals surface area contributed by atoms with Crippen molar-refractivity contribution in [1.82, 2.24) is 20.2 Å². The maximum Gasteiger partial charge on any atom is 0.331 e. The van der Waals surface area contributed by atoms with Gasteiger partial charge in [0.1, 0.15) is 6.33 Å². The zero-order chi connectivity index (χ0) is 21.3. The third kappa shape index (κ3) is 5.96. The highest BCUT2D eigenvalue weighted by molar-refractivity contribution is 5.94. The molecule has 30 heavy (non-hydrogen) atoms. The van der Waals surface area contributed by atoms with Crippen LogP contribution in [0.3, 0.4) is 0 Å². The van der Waals surface area contributed by atoms with E-state index in [0.29, 0.717) is 17.8 Å². The highest BCUT2D eigenvalue weighted by Gasteiger charge is 2.24. The first-order valence-electron chi connectivity index (χ1n) is 9.12. The standard InChI is InChI=1S/C20H20N6O4/c1-14(27)22-16-8-5-9-17(11-16)23-19(28)12-30-20(29)18(26-13-21-24-25-26)10-15-6-3-2-4-7-15/h2-9,11,13,18H,10,12H2,1H3,(H,22,27)(H,23,28)/t18-/m0/s1. The van der Waals surface area contributed by atoms with E-state index in [0.717, 1.165) is 5.56 Å². The van der Waals surface area contributed by atoms with E-state index < -0.39 is 24.5 Å². The quantitative estimate of drug-likeness (QED) is 0.542. The molecule has 2 amide bonds. The van der Waals surface area contributed by atoms with E-state index in [9.17, 15) is 14.4 Å². The topological polar surface area (TPSA) is 128 Å². The average molecular weight is 408 g/mol. The number of nitrogens with one attached hydrogen (secondary N) is 2. The second kappa shape index (κ2) is 9.92. The van der Waals surface area contributed by atoms with Gasteiger partial charge in [-0.05, 0) is 34.2 Å². The molecule has 2 aromatic carbocycles. The fraction of sp³-hybridized carbons (Fsp3) is 0.200. The zero-order valence-corrected chi connectivity index (χ0v) is 16.2. The van der Waals surface area contributed by atoms with Crippen LogP contribution in [0.25, 0.3) is 0 Å². The van der Waals surface area contributed by atoms with E-state index in [2.05, 4.69) is 26.2 Å². The minimum absolute atomic E-state index is 0.223. The Morgan fingerprint density at radius 2 is 1.77 bits per heavy atom. The number of tetrazole rings is 1. The van der Waals surface area contributed by atoms with E-state index in [1.807, 2.05) is 30.3 Å². The number of benzene rings is 2. The summed E-state index contributed by atoms with van der Waals surface area (Å²) in [5.41, 5.74) is 1.90. The molecule has 0 saturated carbocycles. The van der Waals surface area contributed by atoms with Gasteiger partial charge in [0, 0.05) is 24.7 Å². The fourth-order valence-electron chi connectivity index (χ4n) is 2.74. The molecular weight excluding hydrogens is 388 g/mol. The Hall–Kier alpha value is -4.08. The maximum atomic E-state index is 12.6. The van der Waals surface area contributed by atoms with Crippen LogP contribution in [0.5, 0.6) is 0 Å². The largest absolute Gasteiger partial charge is 0.454 e. The molecule has 1 aromatic heterocycles. The van der Waals surface area contributed by atoms with Crippen LogP contribution in [0.4, 0.5) is 11.4 Å². The normalized spacial score (nSPS) is 11.4. The SMILES string of the molecule is CC(=O)Nc1cccc(NC(=O)COC(=O)[C@H](Cc2ccccc2)n2cnnn2)c1. The molecule has 0 radical (unpaired) electrons. The number of amides is 2. The molecule has 0 spiro atoms. The van der Waals surface area contributed by atoms with Crippen molar-refractivity contribution >= 4 is 29.2 Å². The van der Waals surface area contributed by atoms with Gasteiger partial charge in [-0.3, -0.25) is 9.59 Å². The Morgan fingerprint density at radius 3 is 2.43 bits per heavy atom. The molecule has 0 unspecified atom stereocenters. The maximum absolute atomic E-state index is 12.6. The van der Waals surface area contributed by atoms with Crippen LogP contribution in [0.15, 0.2) is 60.9 Å². The van der Waals surface area contributed by atoms with Crippen LogP contribution >= 0.6 is 0 Å². The molecule has 1 atom stereocenters. The van der Waals surface area contributed by atoms with E-state index in [1.54, 1.807) is 24.3 Å². The molecule has 0 bridgehead atoms. The molecule has 3 aromatic rings. The molecule has 3 rings (SSSR count). The fourth-order valence-corrected chi connectivity index (χ4v) is 2.74. The second-order valence-electron chi connectivity index (χ2n) is 6.41. The third-order valence-corrected chi connectivity index (χ3v) is 4.04. The van der Waals surface area contributed by atoms with Crippen LogP contribution in [-0.4, -0.2) is 44.6 Å². The Bertz CT molecular complexity index is 1010. The summed E-state index contributed by atoms with van der Waals surface area (Å²) >= 11 is 0. The number of rotatable bonds is 8. The molecule has 0 aliphatic carbocycles. The zero-order valence-electron chi connectivity index (χ0n) is 16.2. The summed E-state index contributed by atoms with van der Waals surface area (Å²) in [6.07, 6.45) is 1.63. The highest BCUT2D eigenvalue weighted by Crippen LogP contribution is 2.16. The van der Waals surface area contributed by atoms with E-state index in [4.69, 9.17) is 4.74 Å². The molecule has 154 valence electrons. The highest BCUT2D eigenvalue weighted by atomic mass is 16.5. The van der Waals surface area contributed by atoms with Crippen molar-refractivity contribution in [2.24, 2.45) is 0 Å². The van der Waals surface area contributed by atoms with Crippen molar-refractivity contribution in [1.29, 1.82) is 0 Å². The van der Waals surface area contributed by atoms with Crippen LogP contribution in [0.1, 0.15) is 18.5 Å². The van der Waals surface area contributed by atoms with Crippen molar-refractivity contribution in [2.75, 3.05) is 17.2 Å². The lowest BCUT2D eigenvalue weighted by atomic mass is 10.1. The molecule has 1 heterocycles. The molecule has 10 nitrogen and oxygen atoms in total. The number of anilines is 2. The predicted molar refractivity (Wildman–Crippen MR) is 107 cm³/mol.